The van der Waals surface area contributed by atoms with Crippen LogP contribution >= 0.6 is 33.9 Å². The van der Waals surface area contributed by atoms with Crippen molar-refractivity contribution in [2.24, 2.45) is 4.99 Å². The van der Waals surface area contributed by atoms with Gasteiger partial charge in [0.1, 0.15) is 17.5 Å². The zero-order valence-electron chi connectivity index (χ0n) is 23.4. The Balaban J connectivity index is 1.97. The summed E-state index contributed by atoms with van der Waals surface area (Å²) in [6, 6.07) is 7.83. The number of fused-ring (bicyclic) bond motifs is 1. The number of benzene rings is 2. The van der Waals surface area contributed by atoms with E-state index in [-0.39, 0.29) is 17.7 Å². The summed E-state index contributed by atoms with van der Waals surface area (Å²) >= 11 is 3.25. The molecule has 0 fully saturated rings. The number of allylic oxidation sites excluding steroid dienone is 1. The molecule has 1 aromatic heterocycles. The first-order valence-corrected chi connectivity index (χ1v) is 14.6. The molecule has 0 radical (unpaired) electrons. The molecule has 3 aromatic rings. The molecule has 1 atom stereocenters. The van der Waals surface area contributed by atoms with Gasteiger partial charge >= 0.3 is 11.9 Å². The van der Waals surface area contributed by atoms with Crippen molar-refractivity contribution in [1.29, 1.82) is 0 Å². The monoisotopic (exact) mass is 692 g/mol. The zero-order chi connectivity index (χ0) is 29.8. The number of aromatic nitrogens is 1. The number of esters is 2. The summed E-state index contributed by atoms with van der Waals surface area (Å²) in [5, 5.41) is 0. The fourth-order valence-electron chi connectivity index (χ4n) is 4.47. The van der Waals surface area contributed by atoms with Crippen LogP contribution in [0.5, 0.6) is 23.0 Å². The van der Waals surface area contributed by atoms with Crippen molar-refractivity contribution in [2.45, 2.75) is 33.7 Å². The minimum absolute atomic E-state index is 0.159. The van der Waals surface area contributed by atoms with Gasteiger partial charge in [0.05, 0.1) is 46.8 Å². The van der Waals surface area contributed by atoms with Crippen LogP contribution in [0.3, 0.4) is 0 Å². The molecule has 216 valence electrons. The van der Waals surface area contributed by atoms with Gasteiger partial charge in [0.2, 0.25) is 0 Å². The maximum absolute atomic E-state index is 14.0. The summed E-state index contributed by atoms with van der Waals surface area (Å²) in [4.78, 5) is 43.9. The van der Waals surface area contributed by atoms with Gasteiger partial charge in [-0.1, -0.05) is 11.3 Å². The van der Waals surface area contributed by atoms with Crippen LogP contribution in [0.4, 0.5) is 0 Å². The largest absolute Gasteiger partial charge is 0.497 e. The third kappa shape index (κ3) is 6.17. The number of ether oxygens (including phenoxy) is 5. The van der Waals surface area contributed by atoms with E-state index in [4.69, 9.17) is 23.7 Å². The maximum atomic E-state index is 14.0. The van der Waals surface area contributed by atoms with E-state index < -0.39 is 18.0 Å². The van der Waals surface area contributed by atoms with E-state index in [1.807, 2.05) is 6.92 Å². The van der Waals surface area contributed by atoms with Crippen molar-refractivity contribution < 1.29 is 33.3 Å². The lowest BCUT2D eigenvalue weighted by Gasteiger charge is -2.26. The van der Waals surface area contributed by atoms with Crippen LogP contribution in [0, 0.1) is 3.57 Å². The van der Waals surface area contributed by atoms with Crippen molar-refractivity contribution in [1.82, 2.24) is 4.57 Å². The van der Waals surface area contributed by atoms with Gasteiger partial charge in [-0.3, -0.25) is 14.2 Å². The second-order valence-electron chi connectivity index (χ2n) is 8.77. The summed E-state index contributed by atoms with van der Waals surface area (Å²) in [7, 11) is 3.06. The zero-order valence-corrected chi connectivity index (χ0v) is 26.4. The predicted octanol–water partition coefficient (Wildman–Crippen LogP) is 3.74. The average molecular weight is 693 g/mol. The van der Waals surface area contributed by atoms with Crippen LogP contribution in [0.2, 0.25) is 0 Å². The molecule has 0 unspecified atom stereocenters. The molecule has 4 rings (SSSR count). The second kappa shape index (κ2) is 12.9. The van der Waals surface area contributed by atoms with Gasteiger partial charge in [-0.2, -0.15) is 0 Å². The Bertz CT molecular complexity index is 1720. The van der Waals surface area contributed by atoms with Crippen LogP contribution in [0.1, 0.15) is 44.9 Å². The van der Waals surface area contributed by atoms with Gasteiger partial charge < -0.3 is 23.7 Å². The van der Waals surface area contributed by atoms with Crippen molar-refractivity contribution in [3.8, 4) is 23.0 Å². The van der Waals surface area contributed by atoms with Crippen LogP contribution in [0.25, 0.3) is 6.08 Å². The molecule has 0 aliphatic carbocycles. The Kier molecular flexibility index (Phi) is 9.53. The number of carbonyl (C=O) groups excluding carboxylic acids is 2. The molecular formula is C29H29IN2O8S. The van der Waals surface area contributed by atoms with Gasteiger partial charge in [0.25, 0.3) is 5.56 Å². The molecule has 41 heavy (non-hydrogen) atoms. The van der Waals surface area contributed by atoms with Crippen LogP contribution in [0.15, 0.2) is 51.4 Å². The Morgan fingerprint density at radius 3 is 2.49 bits per heavy atom. The van der Waals surface area contributed by atoms with E-state index in [1.165, 1.54) is 37.0 Å². The molecule has 0 saturated heterocycles. The molecule has 0 N–H and O–H groups in total. The van der Waals surface area contributed by atoms with Gasteiger partial charge in [0.15, 0.2) is 16.3 Å². The number of rotatable bonds is 9. The Morgan fingerprint density at radius 1 is 1.10 bits per heavy atom. The molecule has 2 heterocycles. The van der Waals surface area contributed by atoms with Crippen molar-refractivity contribution in [3.63, 3.8) is 0 Å². The Morgan fingerprint density at radius 2 is 1.85 bits per heavy atom. The molecule has 2 aromatic carbocycles. The predicted molar refractivity (Wildman–Crippen MR) is 162 cm³/mol. The second-order valence-corrected chi connectivity index (χ2v) is 10.9. The first-order chi connectivity index (χ1) is 19.6. The molecule has 10 nitrogen and oxygen atoms in total. The lowest BCUT2D eigenvalue weighted by Crippen LogP contribution is -2.40. The summed E-state index contributed by atoms with van der Waals surface area (Å²) in [6.45, 7) is 7.09. The number of carbonyl (C=O) groups is 2. The fraction of sp³-hybridized carbons (Fsp3) is 0.310. The number of hydrogen-bond acceptors (Lipinski definition) is 10. The molecule has 0 bridgehead atoms. The molecular weight excluding hydrogens is 663 g/mol. The van der Waals surface area contributed by atoms with Crippen molar-refractivity contribution in [2.75, 3.05) is 27.4 Å². The van der Waals surface area contributed by atoms with Crippen LogP contribution in [-0.4, -0.2) is 43.9 Å². The highest BCUT2D eigenvalue weighted by Crippen LogP contribution is 2.38. The van der Waals surface area contributed by atoms with Crippen molar-refractivity contribution >= 4 is 51.9 Å². The summed E-state index contributed by atoms with van der Waals surface area (Å²) in [5.41, 5.74) is 1.53. The van der Waals surface area contributed by atoms with Crippen LogP contribution in [-0.2, 0) is 14.3 Å². The highest BCUT2D eigenvalue weighted by atomic mass is 127. The third-order valence-corrected chi connectivity index (χ3v) is 7.91. The standard InChI is InChI=1S/C29H29IN2O8S/c1-7-38-22-12-17(11-20(30)26(22)40-16(4)33)13-23-27(34)32-25(19-14-18(36-5)9-10-21(19)37-6)24(28(35)39-8-2)15(3)31-29(32)41-23/h9-14,25H,7-8H2,1-6H3/b23-13-/t25-/m1/s1. The normalized spacial score (nSPS) is 14.7. The molecule has 0 amide bonds. The first kappa shape index (κ1) is 30.3. The van der Waals surface area contributed by atoms with E-state index in [0.29, 0.717) is 59.3 Å². The van der Waals surface area contributed by atoms with Crippen molar-refractivity contribution in [3.05, 3.63) is 76.0 Å². The SMILES string of the molecule is CCOC(=O)C1=C(C)N=c2s/c(=C\c3cc(I)c(OC(C)=O)c(OCC)c3)c(=O)n2[C@@H]1c1cc(OC)ccc1OC. The number of nitrogens with zero attached hydrogens (tertiary/aromatic N) is 2. The Labute approximate surface area is 254 Å². The van der Waals surface area contributed by atoms with Gasteiger partial charge in [-0.15, -0.1) is 0 Å². The van der Waals surface area contributed by atoms with E-state index in [9.17, 15) is 14.4 Å². The number of methoxy groups -OCH3 is 2. The number of hydrogen-bond donors (Lipinski definition) is 0. The molecule has 1 aliphatic heterocycles. The van der Waals surface area contributed by atoms with E-state index in [2.05, 4.69) is 27.6 Å². The van der Waals surface area contributed by atoms with Crippen LogP contribution < -0.4 is 33.8 Å². The summed E-state index contributed by atoms with van der Waals surface area (Å²) < 4.78 is 30.0. The average Bonchev–Trinajstić information content (AvgIpc) is 3.23. The van der Waals surface area contributed by atoms with E-state index >= 15 is 0 Å². The summed E-state index contributed by atoms with van der Waals surface area (Å²) in [6.07, 6.45) is 1.72. The number of thiazole rings is 1. The van der Waals surface area contributed by atoms with E-state index in [1.54, 1.807) is 50.3 Å². The molecule has 1 aliphatic rings. The molecule has 12 heteroatoms. The topological polar surface area (TPSA) is 115 Å². The minimum atomic E-state index is -0.872. The quantitative estimate of drug-likeness (QED) is 0.190. The highest BCUT2D eigenvalue weighted by molar-refractivity contribution is 14.1. The fourth-order valence-corrected chi connectivity index (χ4v) is 6.25. The summed E-state index contributed by atoms with van der Waals surface area (Å²) in [5.74, 6) is 0.664. The van der Waals surface area contributed by atoms with E-state index in [0.717, 1.165) is 0 Å². The first-order valence-electron chi connectivity index (χ1n) is 12.7. The third-order valence-electron chi connectivity index (χ3n) is 6.12. The van der Waals surface area contributed by atoms with Gasteiger partial charge in [-0.05, 0) is 85.3 Å². The smallest absolute Gasteiger partial charge is 0.338 e. The molecule has 0 spiro atoms. The Hall–Kier alpha value is -3.65. The molecule has 0 saturated carbocycles. The lowest BCUT2D eigenvalue weighted by atomic mass is 9.94. The number of halogens is 1. The highest BCUT2D eigenvalue weighted by Gasteiger charge is 2.35. The van der Waals surface area contributed by atoms with Gasteiger partial charge in [0, 0.05) is 12.5 Å². The van der Waals surface area contributed by atoms with Gasteiger partial charge in [-0.25, -0.2) is 9.79 Å². The lowest BCUT2D eigenvalue weighted by molar-refractivity contribution is -0.139. The minimum Gasteiger partial charge on any atom is -0.497 e. The maximum Gasteiger partial charge on any atom is 0.338 e.